The number of hydrogen-bond donors (Lipinski definition) is 5. The number of ether oxygens (including phenoxy) is 1. The summed E-state index contributed by atoms with van der Waals surface area (Å²) in [5.41, 5.74) is 7.80. The second-order valence-electron chi connectivity index (χ2n) is 5.16. The number of anilines is 4. The molecule has 0 unspecified atom stereocenters. The lowest BCUT2D eigenvalue weighted by Gasteiger charge is -2.13. The average Bonchev–Trinajstić information content (AvgIpc) is 2.68. The van der Waals surface area contributed by atoms with Crippen molar-refractivity contribution in [3.63, 3.8) is 0 Å². The molecule has 0 amide bonds. The number of methoxy groups -OCH3 is 1. The van der Waals surface area contributed by atoms with E-state index in [0.29, 0.717) is 23.3 Å². The number of nitrogens with one attached hydrogen (secondary N) is 3. The van der Waals surface area contributed by atoms with Crippen molar-refractivity contribution < 1.29 is 4.74 Å². The van der Waals surface area contributed by atoms with E-state index in [1.165, 1.54) is 0 Å². The maximum absolute atomic E-state index is 5.43. The molecule has 1 heterocycles. The van der Waals surface area contributed by atoms with Crippen molar-refractivity contribution >= 4 is 23.3 Å². The Balaban J connectivity index is 1.99. The number of nitrogens with two attached hydrogens (primary N) is 2. The Kier molecular flexibility index (Phi) is 4.93. The summed E-state index contributed by atoms with van der Waals surface area (Å²) in [5.74, 6) is 12.7. The van der Waals surface area contributed by atoms with Crippen molar-refractivity contribution in [1.82, 2.24) is 9.97 Å². The first-order chi connectivity index (χ1) is 12.2. The van der Waals surface area contributed by atoms with Crippen LogP contribution in [0, 0.1) is 0 Å². The van der Waals surface area contributed by atoms with Crippen LogP contribution < -0.4 is 32.6 Å². The number of aromatic nitrogens is 2. The van der Waals surface area contributed by atoms with Gasteiger partial charge in [0.25, 0.3) is 0 Å². The van der Waals surface area contributed by atoms with Gasteiger partial charge in [0, 0.05) is 6.07 Å². The fourth-order valence-corrected chi connectivity index (χ4v) is 2.39. The third kappa shape index (κ3) is 3.77. The van der Waals surface area contributed by atoms with Crippen LogP contribution in [0.5, 0.6) is 5.75 Å². The minimum absolute atomic E-state index is 0.326. The Morgan fingerprint density at radius 2 is 1.52 bits per heavy atom. The molecule has 3 rings (SSSR count). The predicted octanol–water partition coefficient (Wildman–Crippen LogP) is 2.47. The van der Waals surface area contributed by atoms with Gasteiger partial charge in [-0.3, -0.25) is 0 Å². The van der Waals surface area contributed by atoms with Gasteiger partial charge in [0.1, 0.15) is 17.4 Å². The molecule has 1 aromatic heterocycles. The van der Waals surface area contributed by atoms with Gasteiger partial charge in [-0.15, -0.1) is 0 Å². The first-order valence-corrected chi connectivity index (χ1v) is 7.56. The highest BCUT2D eigenvalue weighted by Crippen LogP contribution is 2.32. The van der Waals surface area contributed by atoms with E-state index in [4.69, 9.17) is 16.4 Å². The number of hydrogen-bond acceptors (Lipinski definition) is 8. The zero-order chi connectivity index (χ0) is 17.6. The van der Waals surface area contributed by atoms with E-state index in [1.807, 2.05) is 48.5 Å². The van der Waals surface area contributed by atoms with Gasteiger partial charge in [-0.1, -0.05) is 36.4 Å². The van der Waals surface area contributed by atoms with Gasteiger partial charge in [-0.05, 0) is 23.3 Å². The zero-order valence-corrected chi connectivity index (χ0v) is 13.7. The molecule has 3 aromatic rings. The summed E-state index contributed by atoms with van der Waals surface area (Å²) < 4.78 is 5.42. The van der Waals surface area contributed by atoms with Crippen LogP contribution in [0.4, 0.5) is 23.3 Å². The first kappa shape index (κ1) is 16.5. The molecule has 0 fully saturated rings. The molecular formula is C17H19N7O. The predicted molar refractivity (Wildman–Crippen MR) is 99.4 cm³/mol. The average molecular weight is 337 g/mol. The minimum atomic E-state index is 0.326. The lowest BCUT2D eigenvalue weighted by molar-refractivity contribution is 0.417. The van der Waals surface area contributed by atoms with Crippen LogP contribution in [-0.2, 0) is 0 Å². The van der Waals surface area contributed by atoms with E-state index in [0.717, 1.165) is 16.8 Å². The molecular weight excluding hydrogens is 318 g/mol. The highest BCUT2D eigenvalue weighted by molar-refractivity contribution is 5.74. The molecule has 0 atom stereocenters. The Morgan fingerprint density at radius 3 is 2.12 bits per heavy atom. The van der Waals surface area contributed by atoms with Gasteiger partial charge in [0.2, 0.25) is 5.95 Å². The number of nitrogens with zero attached hydrogens (tertiary/aromatic N) is 2. The van der Waals surface area contributed by atoms with E-state index < -0.39 is 0 Å². The largest absolute Gasteiger partial charge is 0.495 e. The summed E-state index contributed by atoms with van der Waals surface area (Å²) in [4.78, 5) is 8.53. The highest BCUT2D eigenvalue weighted by Gasteiger charge is 2.09. The molecule has 7 N–H and O–H groups in total. The standard InChI is InChI=1S/C17H19N7O/c1-25-14-8-7-12(11-5-3-2-4-6-11)9-13(14)20-17-21-15(23-18)10-16(22-17)24-19/h2-10H,18-19H2,1H3,(H3,20,21,22,23,24). The molecule has 0 aliphatic rings. The van der Waals surface area contributed by atoms with Crippen LogP contribution in [0.25, 0.3) is 11.1 Å². The summed E-state index contributed by atoms with van der Waals surface area (Å²) in [6, 6.07) is 17.5. The molecule has 8 heteroatoms. The summed E-state index contributed by atoms with van der Waals surface area (Å²) in [6.45, 7) is 0. The quantitative estimate of drug-likeness (QED) is 0.343. The van der Waals surface area contributed by atoms with Crippen LogP contribution in [0.2, 0.25) is 0 Å². The van der Waals surface area contributed by atoms with Crippen LogP contribution in [0.1, 0.15) is 0 Å². The monoisotopic (exact) mass is 337 g/mol. The molecule has 0 saturated heterocycles. The van der Waals surface area contributed by atoms with E-state index >= 15 is 0 Å². The maximum atomic E-state index is 5.43. The summed E-state index contributed by atoms with van der Waals surface area (Å²) in [5, 5.41) is 3.14. The zero-order valence-electron chi connectivity index (χ0n) is 13.7. The SMILES string of the molecule is COc1ccc(-c2ccccc2)cc1Nc1nc(NN)cc(NN)n1. The lowest BCUT2D eigenvalue weighted by atomic mass is 10.0. The number of hydrazine groups is 2. The second-order valence-corrected chi connectivity index (χ2v) is 5.16. The molecule has 128 valence electrons. The van der Waals surface area contributed by atoms with Gasteiger partial charge < -0.3 is 20.9 Å². The van der Waals surface area contributed by atoms with Crippen LogP contribution in [0.3, 0.4) is 0 Å². The fourth-order valence-electron chi connectivity index (χ4n) is 2.39. The van der Waals surface area contributed by atoms with Gasteiger partial charge >= 0.3 is 0 Å². The van der Waals surface area contributed by atoms with Gasteiger partial charge in [-0.25, -0.2) is 11.7 Å². The van der Waals surface area contributed by atoms with Crippen molar-refractivity contribution in [2.45, 2.75) is 0 Å². The molecule has 0 bridgehead atoms. The van der Waals surface area contributed by atoms with E-state index in [1.54, 1.807) is 13.2 Å². The van der Waals surface area contributed by atoms with Crippen molar-refractivity contribution in [3.8, 4) is 16.9 Å². The molecule has 2 aromatic carbocycles. The molecule has 8 nitrogen and oxygen atoms in total. The number of benzene rings is 2. The smallest absolute Gasteiger partial charge is 0.231 e. The lowest BCUT2D eigenvalue weighted by Crippen LogP contribution is -2.14. The summed E-state index contributed by atoms with van der Waals surface area (Å²) >= 11 is 0. The summed E-state index contributed by atoms with van der Waals surface area (Å²) in [7, 11) is 1.61. The van der Waals surface area contributed by atoms with Gasteiger partial charge in [-0.2, -0.15) is 9.97 Å². The highest BCUT2D eigenvalue weighted by atomic mass is 16.5. The van der Waals surface area contributed by atoms with E-state index in [2.05, 4.69) is 26.1 Å². The van der Waals surface area contributed by atoms with Crippen LogP contribution in [-0.4, -0.2) is 17.1 Å². The van der Waals surface area contributed by atoms with E-state index in [-0.39, 0.29) is 0 Å². The van der Waals surface area contributed by atoms with Gasteiger partial charge in [0.05, 0.1) is 12.8 Å². The first-order valence-electron chi connectivity index (χ1n) is 7.56. The molecule has 0 saturated carbocycles. The summed E-state index contributed by atoms with van der Waals surface area (Å²) in [6.07, 6.45) is 0. The molecule has 0 spiro atoms. The normalized spacial score (nSPS) is 10.2. The van der Waals surface area contributed by atoms with Crippen molar-refractivity contribution in [2.24, 2.45) is 11.7 Å². The third-order valence-corrected chi connectivity index (χ3v) is 3.57. The second kappa shape index (κ2) is 7.47. The molecule has 0 aliphatic carbocycles. The molecule has 0 radical (unpaired) electrons. The van der Waals surface area contributed by atoms with Crippen molar-refractivity contribution in [1.29, 1.82) is 0 Å². The Bertz CT molecular complexity index is 833. The Morgan fingerprint density at radius 1 is 0.840 bits per heavy atom. The van der Waals surface area contributed by atoms with Crippen LogP contribution >= 0.6 is 0 Å². The third-order valence-electron chi connectivity index (χ3n) is 3.57. The Labute approximate surface area is 145 Å². The maximum Gasteiger partial charge on any atom is 0.231 e. The van der Waals surface area contributed by atoms with E-state index in [9.17, 15) is 0 Å². The topological polar surface area (TPSA) is 123 Å². The number of rotatable bonds is 6. The van der Waals surface area contributed by atoms with Gasteiger partial charge in [0.15, 0.2) is 0 Å². The van der Waals surface area contributed by atoms with Crippen molar-refractivity contribution in [2.75, 3.05) is 23.3 Å². The fraction of sp³-hybridized carbons (Fsp3) is 0.0588. The Hall–Kier alpha value is -3.36. The molecule has 25 heavy (non-hydrogen) atoms. The van der Waals surface area contributed by atoms with Crippen molar-refractivity contribution in [3.05, 3.63) is 54.6 Å². The molecule has 0 aliphatic heterocycles. The van der Waals surface area contributed by atoms with Crippen LogP contribution in [0.15, 0.2) is 54.6 Å². The minimum Gasteiger partial charge on any atom is -0.495 e. The number of nitrogen functional groups attached to an aromatic ring is 2.